The van der Waals surface area contributed by atoms with Gasteiger partial charge in [0.1, 0.15) is 24.0 Å². The van der Waals surface area contributed by atoms with Crippen molar-refractivity contribution in [2.45, 2.75) is 6.61 Å². The second-order valence-corrected chi connectivity index (χ2v) is 7.62. The van der Waals surface area contributed by atoms with Crippen LogP contribution in [0.4, 0.5) is 5.69 Å². The van der Waals surface area contributed by atoms with E-state index in [4.69, 9.17) is 27.9 Å². The molecule has 0 fully saturated rings. The molecule has 1 amide bonds. The van der Waals surface area contributed by atoms with Gasteiger partial charge in [-0.15, -0.1) is 0 Å². The van der Waals surface area contributed by atoms with Crippen LogP contribution >= 0.6 is 23.2 Å². The monoisotopic (exact) mass is 480 g/mol. The van der Waals surface area contributed by atoms with Gasteiger partial charge in [0.05, 0.1) is 22.7 Å². The lowest BCUT2D eigenvalue weighted by Gasteiger charge is -2.08. The van der Waals surface area contributed by atoms with Gasteiger partial charge in [0, 0.05) is 5.69 Å². The summed E-state index contributed by atoms with van der Waals surface area (Å²) < 4.78 is 10.5. The molecule has 0 aromatic heterocycles. The Bertz CT molecular complexity index is 1250. The Balaban J connectivity index is 1.68. The fourth-order valence-electron chi connectivity index (χ4n) is 2.80. The molecule has 0 aliphatic heterocycles. The zero-order chi connectivity index (χ0) is 23.8. The number of nitrogens with one attached hydrogen (secondary N) is 1. The van der Waals surface area contributed by atoms with E-state index < -0.39 is 11.9 Å². The maximum absolute atomic E-state index is 12.5. The zero-order valence-electron chi connectivity index (χ0n) is 17.5. The third-order valence-electron chi connectivity index (χ3n) is 4.49. The number of nitrogens with zero attached hydrogens (tertiary/aromatic N) is 1. The average molecular weight is 481 g/mol. The number of nitriles is 1. The molecule has 3 aromatic carbocycles. The van der Waals surface area contributed by atoms with Crippen molar-refractivity contribution in [3.05, 3.63) is 99.0 Å². The van der Waals surface area contributed by atoms with Crippen molar-refractivity contribution in [2.75, 3.05) is 12.4 Å². The molecule has 0 bridgehead atoms. The standard InChI is InChI=1S/C25H18Cl2N2O4/c1-32-25(31)18-7-5-16(6-8-18)15-33-21-4-2-3-17(12-21)11-19(14-28)24(30)29-20-9-10-22(26)23(27)13-20/h2-13H,15H2,1H3,(H,29,30). The van der Waals surface area contributed by atoms with Gasteiger partial charge < -0.3 is 14.8 Å². The minimum Gasteiger partial charge on any atom is -0.489 e. The maximum Gasteiger partial charge on any atom is 0.337 e. The summed E-state index contributed by atoms with van der Waals surface area (Å²) >= 11 is 11.8. The number of halogens is 2. The maximum atomic E-state index is 12.5. The first kappa shape index (κ1) is 23.9. The lowest BCUT2D eigenvalue weighted by molar-refractivity contribution is -0.112. The molecule has 0 atom stereocenters. The highest BCUT2D eigenvalue weighted by Gasteiger charge is 2.11. The van der Waals surface area contributed by atoms with Crippen molar-refractivity contribution in [1.82, 2.24) is 0 Å². The molecule has 1 N–H and O–H groups in total. The van der Waals surface area contributed by atoms with Crippen LogP contribution in [0.15, 0.2) is 72.3 Å². The van der Waals surface area contributed by atoms with Crippen LogP contribution in [0.3, 0.4) is 0 Å². The van der Waals surface area contributed by atoms with Crippen LogP contribution < -0.4 is 10.1 Å². The summed E-state index contributed by atoms with van der Waals surface area (Å²) in [5.74, 6) is -0.422. The van der Waals surface area contributed by atoms with E-state index in [9.17, 15) is 14.9 Å². The molecule has 0 aliphatic rings. The Morgan fingerprint density at radius 2 is 1.79 bits per heavy atom. The van der Waals surface area contributed by atoms with Gasteiger partial charge in [-0.2, -0.15) is 5.26 Å². The van der Waals surface area contributed by atoms with E-state index in [0.29, 0.717) is 32.6 Å². The number of esters is 1. The predicted octanol–water partition coefficient (Wildman–Crippen LogP) is 5.90. The molecule has 0 unspecified atom stereocenters. The lowest BCUT2D eigenvalue weighted by Crippen LogP contribution is -2.13. The molecule has 0 aliphatic carbocycles. The summed E-state index contributed by atoms with van der Waals surface area (Å²) in [4.78, 5) is 24.0. The number of methoxy groups -OCH3 is 1. The van der Waals surface area contributed by atoms with Crippen LogP contribution in [0, 0.1) is 11.3 Å². The molecule has 3 aromatic rings. The summed E-state index contributed by atoms with van der Waals surface area (Å²) in [5.41, 5.74) is 2.27. The Labute approximate surface area is 201 Å². The number of carbonyl (C=O) groups excluding carboxylic acids is 2. The second kappa shape index (κ2) is 11.2. The number of anilines is 1. The molecular weight excluding hydrogens is 463 g/mol. The third kappa shape index (κ3) is 6.59. The van der Waals surface area contributed by atoms with E-state index in [1.807, 2.05) is 6.07 Å². The molecule has 3 rings (SSSR count). The molecule has 166 valence electrons. The predicted molar refractivity (Wildman–Crippen MR) is 127 cm³/mol. The van der Waals surface area contributed by atoms with Gasteiger partial charge in [0.25, 0.3) is 5.91 Å². The van der Waals surface area contributed by atoms with Gasteiger partial charge in [0.15, 0.2) is 0 Å². The van der Waals surface area contributed by atoms with Crippen LogP contribution in [0.5, 0.6) is 5.75 Å². The van der Waals surface area contributed by atoms with E-state index >= 15 is 0 Å². The van der Waals surface area contributed by atoms with Crippen molar-refractivity contribution in [3.8, 4) is 11.8 Å². The molecule has 33 heavy (non-hydrogen) atoms. The van der Waals surface area contributed by atoms with Crippen LogP contribution in [-0.4, -0.2) is 19.0 Å². The number of rotatable bonds is 7. The van der Waals surface area contributed by atoms with Crippen molar-refractivity contribution in [2.24, 2.45) is 0 Å². The Hall–Kier alpha value is -3.79. The quantitative estimate of drug-likeness (QED) is 0.258. The smallest absolute Gasteiger partial charge is 0.337 e. The Morgan fingerprint density at radius 3 is 2.45 bits per heavy atom. The highest BCUT2D eigenvalue weighted by molar-refractivity contribution is 6.42. The Kier molecular flexibility index (Phi) is 8.09. The summed E-state index contributed by atoms with van der Waals surface area (Å²) in [6, 6.07) is 20.4. The van der Waals surface area contributed by atoms with Crippen molar-refractivity contribution in [3.63, 3.8) is 0 Å². The van der Waals surface area contributed by atoms with Crippen LogP contribution in [0.1, 0.15) is 21.5 Å². The Morgan fingerprint density at radius 1 is 1.03 bits per heavy atom. The van der Waals surface area contributed by atoms with E-state index in [1.165, 1.54) is 19.3 Å². The minimum atomic E-state index is -0.576. The van der Waals surface area contributed by atoms with Gasteiger partial charge >= 0.3 is 5.97 Å². The fraction of sp³-hybridized carbons (Fsp3) is 0.0800. The summed E-state index contributed by atoms with van der Waals surface area (Å²) in [5, 5.41) is 12.7. The van der Waals surface area contributed by atoms with Crippen molar-refractivity contribution < 1.29 is 19.1 Å². The van der Waals surface area contributed by atoms with Crippen LogP contribution in [-0.2, 0) is 16.1 Å². The topological polar surface area (TPSA) is 88.4 Å². The number of hydrogen-bond acceptors (Lipinski definition) is 5. The SMILES string of the molecule is COC(=O)c1ccc(COc2cccc(C=C(C#N)C(=O)Nc3ccc(Cl)c(Cl)c3)c2)cc1. The number of ether oxygens (including phenoxy) is 2. The van der Waals surface area contributed by atoms with Gasteiger partial charge in [-0.3, -0.25) is 4.79 Å². The largest absolute Gasteiger partial charge is 0.489 e. The number of hydrogen-bond donors (Lipinski definition) is 1. The molecule has 0 heterocycles. The fourth-order valence-corrected chi connectivity index (χ4v) is 3.10. The molecule has 0 spiro atoms. The molecule has 0 radical (unpaired) electrons. The first-order chi connectivity index (χ1) is 15.9. The highest BCUT2D eigenvalue weighted by atomic mass is 35.5. The molecule has 0 saturated carbocycles. The van der Waals surface area contributed by atoms with Gasteiger partial charge in [0.2, 0.25) is 0 Å². The van der Waals surface area contributed by atoms with E-state index in [1.54, 1.807) is 60.7 Å². The summed E-state index contributed by atoms with van der Waals surface area (Å²) in [6.45, 7) is 0.275. The third-order valence-corrected chi connectivity index (χ3v) is 5.23. The number of carbonyl (C=O) groups is 2. The van der Waals surface area contributed by atoms with Crippen LogP contribution in [0.2, 0.25) is 10.0 Å². The molecule has 0 saturated heterocycles. The first-order valence-electron chi connectivity index (χ1n) is 9.68. The van der Waals surface area contributed by atoms with Crippen molar-refractivity contribution in [1.29, 1.82) is 5.26 Å². The first-order valence-corrected chi connectivity index (χ1v) is 10.4. The zero-order valence-corrected chi connectivity index (χ0v) is 19.0. The van der Waals surface area contributed by atoms with E-state index in [2.05, 4.69) is 10.1 Å². The van der Waals surface area contributed by atoms with Gasteiger partial charge in [-0.25, -0.2) is 4.79 Å². The summed E-state index contributed by atoms with van der Waals surface area (Å²) in [7, 11) is 1.33. The lowest BCUT2D eigenvalue weighted by atomic mass is 10.1. The normalized spacial score (nSPS) is 10.8. The highest BCUT2D eigenvalue weighted by Crippen LogP contribution is 2.25. The molecule has 8 heteroatoms. The molecular formula is C25H18Cl2N2O4. The molecule has 6 nitrogen and oxygen atoms in total. The van der Waals surface area contributed by atoms with Crippen LogP contribution in [0.25, 0.3) is 6.08 Å². The van der Waals surface area contributed by atoms with E-state index in [-0.39, 0.29) is 12.2 Å². The van der Waals surface area contributed by atoms with Crippen molar-refractivity contribution >= 4 is 46.8 Å². The average Bonchev–Trinajstić information content (AvgIpc) is 2.83. The minimum absolute atomic E-state index is 0.0865. The van der Waals surface area contributed by atoms with Gasteiger partial charge in [-0.05, 0) is 59.7 Å². The number of benzene rings is 3. The second-order valence-electron chi connectivity index (χ2n) is 6.80. The van der Waals surface area contributed by atoms with Gasteiger partial charge in [-0.1, -0.05) is 47.5 Å². The van der Waals surface area contributed by atoms with E-state index in [0.717, 1.165) is 5.56 Å². The number of amides is 1. The summed E-state index contributed by atoms with van der Waals surface area (Å²) in [6.07, 6.45) is 1.46.